The third-order valence-electron chi connectivity index (χ3n) is 2.57. The molecule has 0 fully saturated rings. The van der Waals surface area contributed by atoms with Gasteiger partial charge in [-0.3, -0.25) is 0 Å². The second kappa shape index (κ2) is 7.67. The molecule has 19 heavy (non-hydrogen) atoms. The fourth-order valence-corrected chi connectivity index (χ4v) is 1.70. The maximum Gasteiger partial charge on any atom is 0.335 e. The second-order valence-corrected chi connectivity index (χ2v) is 3.89. The van der Waals surface area contributed by atoms with Crippen LogP contribution < -0.4 is 0 Å². The van der Waals surface area contributed by atoms with Crippen molar-refractivity contribution in [1.29, 1.82) is 5.26 Å². The predicted molar refractivity (Wildman–Crippen MR) is 75.2 cm³/mol. The van der Waals surface area contributed by atoms with Crippen molar-refractivity contribution < 1.29 is 9.90 Å². The molecule has 3 nitrogen and oxygen atoms in total. The summed E-state index contributed by atoms with van der Waals surface area (Å²) in [5.74, 6) is -0.849. The van der Waals surface area contributed by atoms with Crippen LogP contribution in [0.3, 0.4) is 0 Å². The van der Waals surface area contributed by atoms with Gasteiger partial charge in [-0.1, -0.05) is 43.0 Å². The maximum absolute atomic E-state index is 11.1. The average molecular weight is 253 g/mol. The van der Waals surface area contributed by atoms with E-state index in [0.717, 1.165) is 24.0 Å². The van der Waals surface area contributed by atoms with Gasteiger partial charge in [-0.25, -0.2) is 4.79 Å². The van der Waals surface area contributed by atoms with E-state index < -0.39 is 5.97 Å². The molecule has 3 heteroatoms. The van der Waals surface area contributed by atoms with Crippen molar-refractivity contribution in [3.63, 3.8) is 0 Å². The van der Waals surface area contributed by atoms with Gasteiger partial charge < -0.3 is 5.11 Å². The van der Waals surface area contributed by atoms with Gasteiger partial charge in [0.1, 0.15) is 0 Å². The maximum atomic E-state index is 11.1. The van der Waals surface area contributed by atoms with Crippen LogP contribution in [-0.4, -0.2) is 11.1 Å². The Balaban J connectivity index is 0.000000399. The number of aliphatic carboxylic acids is 1. The monoisotopic (exact) mass is 253 g/mol. The van der Waals surface area contributed by atoms with Gasteiger partial charge in [0.15, 0.2) is 0 Å². The highest BCUT2D eigenvalue weighted by Crippen LogP contribution is 2.23. The summed E-state index contributed by atoms with van der Waals surface area (Å²) < 4.78 is 0. The minimum absolute atomic E-state index is 0.412. The van der Waals surface area contributed by atoms with Gasteiger partial charge in [0.25, 0.3) is 0 Å². The largest absolute Gasteiger partial charge is 0.478 e. The molecule has 0 saturated carbocycles. The number of carboxylic acid groups (broad SMARTS) is 1. The van der Waals surface area contributed by atoms with Crippen LogP contribution in [0.25, 0.3) is 0 Å². The lowest BCUT2D eigenvalue weighted by Gasteiger charge is -2.03. The summed E-state index contributed by atoms with van der Waals surface area (Å²) in [4.78, 5) is 11.1. The summed E-state index contributed by atoms with van der Waals surface area (Å²) in [5, 5.41) is 16.6. The number of hydrogen-bond donors (Lipinski definition) is 1. The standard InChI is InChI=1S/C13H12O2.C3H3N/c14-13(15)12(11-7-3-4-8-11)9-10-5-1-2-6-10;1-2-3-4/h1-5,7,9H,6,8H2,(H,14,15);2H,1H2. The molecule has 0 radical (unpaired) electrons. The number of allylic oxidation sites excluding steroid dienone is 9. The van der Waals surface area contributed by atoms with Crippen LogP contribution in [-0.2, 0) is 4.79 Å². The summed E-state index contributed by atoms with van der Waals surface area (Å²) in [6.07, 6.45) is 16.1. The summed E-state index contributed by atoms with van der Waals surface area (Å²) in [7, 11) is 0. The SMILES string of the molecule is C=CC#N.O=C(O)C(=CC1=CC=CC1)C1=CC=CC1. The van der Waals surface area contributed by atoms with Gasteiger partial charge in [-0.2, -0.15) is 5.26 Å². The van der Waals surface area contributed by atoms with Crippen molar-refractivity contribution in [2.45, 2.75) is 12.8 Å². The van der Waals surface area contributed by atoms with Crippen LogP contribution >= 0.6 is 0 Å². The number of hydrogen-bond acceptors (Lipinski definition) is 2. The molecule has 96 valence electrons. The van der Waals surface area contributed by atoms with E-state index >= 15 is 0 Å². The molecule has 0 heterocycles. The van der Waals surface area contributed by atoms with Gasteiger partial charge in [0.2, 0.25) is 0 Å². The highest BCUT2D eigenvalue weighted by atomic mass is 16.4. The normalized spacial score (nSPS) is 16.1. The topological polar surface area (TPSA) is 61.1 Å². The third-order valence-corrected chi connectivity index (χ3v) is 2.57. The van der Waals surface area contributed by atoms with Crippen LogP contribution in [0.4, 0.5) is 0 Å². The van der Waals surface area contributed by atoms with Gasteiger partial charge in [-0.05, 0) is 30.1 Å². The highest BCUT2D eigenvalue weighted by Gasteiger charge is 2.14. The molecule has 0 atom stereocenters. The fourth-order valence-electron chi connectivity index (χ4n) is 1.70. The minimum Gasteiger partial charge on any atom is -0.478 e. The summed E-state index contributed by atoms with van der Waals surface area (Å²) in [6, 6.07) is 1.69. The highest BCUT2D eigenvalue weighted by molar-refractivity contribution is 5.93. The molecular formula is C16H15NO2. The van der Waals surface area contributed by atoms with Crippen molar-refractivity contribution in [3.8, 4) is 6.07 Å². The lowest BCUT2D eigenvalue weighted by Crippen LogP contribution is -2.03. The number of rotatable bonds is 3. The lowest BCUT2D eigenvalue weighted by molar-refractivity contribution is -0.132. The Morgan fingerprint density at radius 2 is 1.95 bits per heavy atom. The Morgan fingerprint density at radius 1 is 1.32 bits per heavy atom. The summed E-state index contributed by atoms with van der Waals surface area (Å²) >= 11 is 0. The smallest absolute Gasteiger partial charge is 0.335 e. The molecule has 2 aliphatic rings. The molecule has 0 aliphatic heterocycles. The first kappa shape index (κ1) is 14.5. The van der Waals surface area contributed by atoms with E-state index in [1.165, 1.54) is 6.08 Å². The third kappa shape index (κ3) is 4.64. The van der Waals surface area contributed by atoms with Gasteiger partial charge in [0.05, 0.1) is 11.6 Å². The predicted octanol–water partition coefficient (Wildman–Crippen LogP) is 3.47. The van der Waals surface area contributed by atoms with Crippen LogP contribution in [0.2, 0.25) is 0 Å². The molecule has 0 bridgehead atoms. The molecular weight excluding hydrogens is 238 g/mol. The Bertz CT molecular complexity index is 552. The van der Waals surface area contributed by atoms with E-state index in [1.54, 1.807) is 12.1 Å². The zero-order valence-corrected chi connectivity index (χ0v) is 10.5. The first-order chi connectivity index (χ1) is 9.19. The van der Waals surface area contributed by atoms with E-state index in [0.29, 0.717) is 5.57 Å². The molecule has 0 aromatic heterocycles. The molecule has 0 aromatic rings. The van der Waals surface area contributed by atoms with Crippen molar-refractivity contribution in [3.05, 3.63) is 71.9 Å². The van der Waals surface area contributed by atoms with Crippen LogP contribution in [0.5, 0.6) is 0 Å². The number of nitrogens with zero attached hydrogens (tertiary/aromatic N) is 1. The number of carbonyl (C=O) groups is 1. The first-order valence-corrected chi connectivity index (χ1v) is 5.86. The number of nitriles is 1. The van der Waals surface area contributed by atoms with E-state index in [1.807, 2.05) is 36.5 Å². The second-order valence-electron chi connectivity index (χ2n) is 3.89. The van der Waals surface area contributed by atoms with Crippen LogP contribution in [0.1, 0.15) is 12.8 Å². The Hall–Kier alpha value is -2.60. The van der Waals surface area contributed by atoms with Crippen molar-refractivity contribution in [2.24, 2.45) is 0 Å². The molecule has 2 aliphatic carbocycles. The van der Waals surface area contributed by atoms with E-state index in [9.17, 15) is 4.79 Å². The zero-order valence-electron chi connectivity index (χ0n) is 10.5. The molecule has 0 amide bonds. The number of carboxylic acids is 1. The van der Waals surface area contributed by atoms with Crippen LogP contribution in [0.15, 0.2) is 71.9 Å². The molecule has 0 unspecified atom stereocenters. The van der Waals surface area contributed by atoms with Gasteiger partial charge >= 0.3 is 5.97 Å². The summed E-state index contributed by atoms with van der Waals surface area (Å²) in [6.45, 7) is 3.12. The van der Waals surface area contributed by atoms with Crippen LogP contribution in [0, 0.1) is 11.3 Å². The van der Waals surface area contributed by atoms with Crippen molar-refractivity contribution in [2.75, 3.05) is 0 Å². The quantitative estimate of drug-likeness (QED) is 0.618. The Kier molecular flexibility index (Phi) is 5.84. The molecule has 0 spiro atoms. The zero-order chi connectivity index (χ0) is 14.1. The first-order valence-electron chi connectivity index (χ1n) is 5.86. The van der Waals surface area contributed by atoms with E-state index in [2.05, 4.69) is 6.58 Å². The molecule has 2 rings (SSSR count). The van der Waals surface area contributed by atoms with Crippen molar-refractivity contribution in [1.82, 2.24) is 0 Å². The lowest BCUT2D eigenvalue weighted by atomic mass is 10.0. The minimum atomic E-state index is -0.849. The van der Waals surface area contributed by atoms with Crippen molar-refractivity contribution >= 4 is 5.97 Å². The fraction of sp³-hybridized carbons (Fsp3) is 0.125. The average Bonchev–Trinajstić information content (AvgIpc) is 3.08. The van der Waals surface area contributed by atoms with Gasteiger partial charge in [-0.15, -0.1) is 0 Å². The summed E-state index contributed by atoms with van der Waals surface area (Å²) in [5.41, 5.74) is 2.35. The van der Waals surface area contributed by atoms with E-state index in [4.69, 9.17) is 10.4 Å². The van der Waals surface area contributed by atoms with E-state index in [-0.39, 0.29) is 0 Å². The van der Waals surface area contributed by atoms with Gasteiger partial charge in [0, 0.05) is 6.08 Å². The molecule has 0 aromatic carbocycles. The molecule has 0 saturated heterocycles. The Labute approximate surface area is 112 Å². The Morgan fingerprint density at radius 3 is 2.37 bits per heavy atom. The molecule has 1 N–H and O–H groups in total.